The van der Waals surface area contributed by atoms with Crippen LogP contribution in [-0.4, -0.2) is 14.5 Å². The largest absolute Gasteiger partial charge is 0.243 e. The fourth-order valence-electron chi connectivity index (χ4n) is 1.68. The summed E-state index contributed by atoms with van der Waals surface area (Å²) < 4.78 is 27.8. The van der Waals surface area contributed by atoms with Crippen molar-refractivity contribution in [2.24, 2.45) is 0 Å². The lowest BCUT2D eigenvalue weighted by atomic mass is 10.2. The van der Waals surface area contributed by atoms with Crippen molar-refractivity contribution in [3.8, 4) is 0 Å². The van der Waals surface area contributed by atoms with Crippen LogP contribution in [0.1, 0.15) is 33.1 Å². The van der Waals surface area contributed by atoms with Gasteiger partial charge >= 0.3 is 0 Å². The third kappa shape index (κ3) is 4.90. The SMILES string of the molecule is CCCCC(C)NS(=O)(=O)c1c(Cl)cc(Br)cc1Cl. The summed E-state index contributed by atoms with van der Waals surface area (Å²) in [6.07, 6.45) is 2.76. The highest BCUT2D eigenvalue weighted by Crippen LogP contribution is 2.32. The lowest BCUT2D eigenvalue weighted by Gasteiger charge is -2.15. The number of hydrogen-bond donors (Lipinski definition) is 1. The van der Waals surface area contributed by atoms with Crippen LogP contribution in [-0.2, 0) is 10.0 Å². The molecule has 1 unspecified atom stereocenters. The monoisotopic (exact) mass is 387 g/mol. The summed E-state index contributed by atoms with van der Waals surface area (Å²) in [5.74, 6) is 0. The highest BCUT2D eigenvalue weighted by molar-refractivity contribution is 9.10. The van der Waals surface area contributed by atoms with E-state index in [0.29, 0.717) is 4.47 Å². The Morgan fingerprint density at radius 1 is 1.32 bits per heavy atom. The van der Waals surface area contributed by atoms with Crippen molar-refractivity contribution in [1.82, 2.24) is 4.72 Å². The fourth-order valence-corrected chi connectivity index (χ4v) is 4.89. The highest BCUT2D eigenvalue weighted by Gasteiger charge is 2.23. The molecule has 0 saturated heterocycles. The summed E-state index contributed by atoms with van der Waals surface area (Å²) in [6.45, 7) is 3.89. The zero-order valence-electron chi connectivity index (χ0n) is 10.7. The molecule has 1 rings (SSSR count). The lowest BCUT2D eigenvalue weighted by molar-refractivity contribution is 0.534. The quantitative estimate of drug-likeness (QED) is 0.773. The maximum Gasteiger partial charge on any atom is 0.243 e. The van der Waals surface area contributed by atoms with Gasteiger partial charge in [0.15, 0.2) is 0 Å². The number of nitrogens with one attached hydrogen (secondary N) is 1. The van der Waals surface area contributed by atoms with E-state index in [1.807, 2.05) is 6.92 Å². The second kappa shape index (κ2) is 7.27. The van der Waals surface area contributed by atoms with Crippen molar-refractivity contribution < 1.29 is 8.42 Å². The van der Waals surface area contributed by atoms with E-state index < -0.39 is 10.0 Å². The van der Waals surface area contributed by atoms with Crippen LogP contribution in [0.15, 0.2) is 21.5 Å². The maximum atomic E-state index is 12.3. The molecule has 0 fully saturated rings. The van der Waals surface area contributed by atoms with Gasteiger partial charge in [0.2, 0.25) is 10.0 Å². The maximum absolute atomic E-state index is 12.3. The van der Waals surface area contributed by atoms with E-state index >= 15 is 0 Å². The second-order valence-corrected chi connectivity index (χ2v) is 7.74. The topological polar surface area (TPSA) is 46.2 Å². The molecule has 0 radical (unpaired) electrons. The van der Waals surface area contributed by atoms with Crippen LogP contribution < -0.4 is 4.72 Å². The van der Waals surface area contributed by atoms with E-state index in [1.165, 1.54) is 12.1 Å². The molecule has 19 heavy (non-hydrogen) atoms. The van der Waals surface area contributed by atoms with E-state index in [0.717, 1.165) is 19.3 Å². The van der Waals surface area contributed by atoms with Gasteiger partial charge in [-0.3, -0.25) is 0 Å². The minimum absolute atomic E-state index is 0.0672. The van der Waals surface area contributed by atoms with Crippen LogP contribution in [0.4, 0.5) is 0 Å². The molecular formula is C12H16BrCl2NO2S. The van der Waals surface area contributed by atoms with Crippen LogP contribution in [0.25, 0.3) is 0 Å². The molecular weight excluding hydrogens is 373 g/mol. The van der Waals surface area contributed by atoms with Crippen molar-refractivity contribution in [1.29, 1.82) is 0 Å². The fraction of sp³-hybridized carbons (Fsp3) is 0.500. The van der Waals surface area contributed by atoms with Gasteiger partial charge in [-0.15, -0.1) is 0 Å². The summed E-state index contributed by atoms with van der Waals surface area (Å²) in [5.41, 5.74) is 0. The number of benzene rings is 1. The van der Waals surface area contributed by atoms with Crippen LogP contribution in [0.2, 0.25) is 10.0 Å². The standard InChI is InChI=1S/C12H16BrCl2NO2S/c1-3-4-5-8(2)16-19(17,18)12-10(14)6-9(13)7-11(12)15/h6-8,16H,3-5H2,1-2H3. The first-order valence-electron chi connectivity index (χ1n) is 5.94. The number of rotatable bonds is 6. The van der Waals surface area contributed by atoms with Crippen LogP contribution in [0.5, 0.6) is 0 Å². The molecule has 0 heterocycles. The molecule has 0 bridgehead atoms. The van der Waals surface area contributed by atoms with Crippen molar-refractivity contribution in [3.63, 3.8) is 0 Å². The van der Waals surface area contributed by atoms with Gasteiger partial charge in [-0.2, -0.15) is 0 Å². The molecule has 1 atom stereocenters. The average molecular weight is 389 g/mol. The average Bonchev–Trinajstić information content (AvgIpc) is 2.23. The summed E-state index contributed by atoms with van der Waals surface area (Å²) in [4.78, 5) is -0.0672. The number of halogens is 3. The van der Waals surface area contributed by atoms with Gasteiger partial charge in [0.05, 0.1) is 10.0 Å². The minimum atomic E-state index is -3.70. The Morgan fingerprint density at radius 3 is 2.32 bits per heavy atom. The number of hydrogen-bond acceptors (Lipinski definition) is 2. The smallest absolute Gasteiger partial charge is 0.208 e. The zero-order valence-corrected chi connectivity index (χ0v) is 14.6. The predicted molar refractivity (Wildman–Crippen MR) is 83.5 cm³/mol. The molecule has 0 aliphatic carbocycles. The Labute approximate surface area is 132 Å². The Bertz CT molecular complexity index is 526. The Morgan fingerprint density at radius 2 is 1.84 bits per heavy atom. The summed E-state index contributed by atoms with van der Waals surface area (Å²) >= 11 is 15.2. The van der Waals surface area contributed by atoms with Gasteiger partial charge in [-0.05, 0) is 25.5 Å². The third-order valence-corrected chi connectivity index (χ3v) is 5.55. The first-order valence-corrected chi connectivity index (χ1v) is 8.98. The highest BCUT2D eigenvalue weighted by atomic mass is 79.9. The molecule has 0 aliphatic heterocycles. The number of sulfonamides is 1. The molecule has 1 aromatic carbocycles. The number of unbranched alkanes of at least 4 members (excludes halogenated alkanes) is 1. The first kappa shape index (κ1) is 17.2. The predicted octanol–water partition coefficient (Wildman–Crippen LogP) is 4.61. The first-order chi connectivity index (χ1) is 8.77. The summed E-state index contributed by atoms with van der Waals surface area (Å²) in [7, 11) is -3.70. The molecule has 108 valence electrons. The van der Waals surface area contributed by atoms with Crippen molar-refractivity contribution >= 4 is 49.2 Å². The molecule has 0 aliphatic rings. The molecule has 3 nitrogen and oxygen atoms in total. The van der Waals surface area contributed by atoms with Crippen molar-refractivity contribution in [3.05, 3.63) is 26.7 Å². The van der Waals surface area contributed by atoms with Gasteiger partial charge in [0.25, 0.3) is 0 Å². The Balaban J connectivity index is 3.01. The molecule has 0 saturated carbocycles. The van der Waals surface area contributed by atoms with E-state index in [1.54, 1.807) is 0 Å². The van der Waals surface area contributed by atoms with E-state index in [-0.39, 0.29) is 21.0 Å². The summed E-state index contributed by atoms with van der Waals surface area (Å²) in [5, 5.41) is 0.212. The van der Waals surface area contributed by atoms with E-state index in [2.05, 4.69) is 27.6 Å². The van der Waals surface area contributed by atoms with Gasteiger partial charge in [0, 0.05) is 10.5 Å². The molecule has 7 heteroatoms. The molecule has 0 spiro atoms. The normalized spacial score (nSPS) is 13.5. The molecule has 0 aromatic heterocycles. The molecule has 1 aromatic rings. The zero-order chi connectivity index (χ0) is 14.6. The van der Waals surface area contributed by atoms with Crippen LogP contribution in [0, 0.1) is 0 Å². The van der Waals surface area contributed by atoms with Crippen LogP contribution >= 0.6 is 39.1 Å². The lowest BCUT2D eigenvalue weighted by Crippen LogP contribution is -2.32. The van der Waals surface area contributed by atoms with E-state index in [9.17, 15) is 8.42 Å². The van der Waals surface area contributed by atoms with Gasteiger partial charge in [-0.25, -0.2) is 13.1 Å². The van der Waals surface area contributed by atoms with Crippen molar-refractivity contribution in [2.45, 2.75) is 44.0 Å². The minimum Gasteiger partial charge on any atom is -0.208 e. The second-order valence-electron chi connectivity index (χ2n) is 4.36. The van der Waals surface area contributed by atoms with Crippen molar-refractivity contribution in [2.75, 3.05) is 0 Å². The summed E-state index contributed by atoms with van der Waals surface area (Å²) in [6, 6.07) is 2.87. The molecule has 0 amide bonds. The van der Waals surface area contributed by atoms with Gasteiger partial charge < -0.3 is 0 Å². The van der Waals surface area contributed by atoms with E-state index in [4.69, 9.17) is 23.2 Å². The van der Waals surface area contributed by atoms with Gasteiger partial charge in [0.1, 0.15) is 4.90 Å². The molecule has 1 N–H and O–H groups in total. The Hall–Kier alpha value is 0.190. The van der Waals surface area contributed by atoms with Crippen LogP contribution in [0.3, 0.4) is 0 Å². The Kier molecular flexibility index (Phi) is 6.60. The van der Waals surface area contributed by atoms with Gasteiger partial charge in [-0.1, -0.05) is 58.9 Å². The third-order valence-electron chi connectivity index (χ3n) is 2.58.